The van der Waals surface area contributed by atoms with E-state index in [2.05, 4.69) is 10.1 Å². The number of benzene rings is 2. The predicted molar refractivity (Wildman–Crippen MR) is 98.9 cm³/mol. The minimum Gasteiger partial charge on any atom is -0.268 e. The van der Waals surface area contributed by atoms with E-state index in [-0.39, 0.29) is 5.56 Å². The molecule has 0 atom stereocenters. The van der Waals surface area contributed by atoms with E-state index in [4.69, 9.17) is 11.6 Å². The summed E-state index contributed by atoms with van der Waals surface area (Å²) in [7, 11) is 0. The second-order valence-electron chi connectivity index (χ2n) is 5.91. The van der Waals surface area contributed by atoms with E-state index in [0.717, 1.165) is 16.9 Å². The van der Waals surface area contributed by atoms with E-state index in [0.29, 0.717) is 21.9 Å². The molecule has 0 saturated heterocycles. The number of hydrogen-bond acceptors (Lipinski definition) is 3. The smallest absolute Gasteiger partial charge is 0.268 e. The molecule has 25 heavy (non-hydrogen) atoms. The highest BCUT2D eigenvalue weighted by Gasteiger charge is 2.15. The average Bonchev–Trinajstić information content (AvgIpc) is 3.00. The van der Waals surface area contributed by atoms with Crippen LogP contribution in [0.1, 0.15) is 11.4 Å². The van der Waals surface area contributed by atoms with Crippen LogP contribution in [0.5, 0.6) is 0 Å². The monoisotopic (exact) mass is 350 g/mol. The molecule has 0 radical (unpaired) electrons. The van der Waals surface area contributed by atoms with Gasteiger partial charge >= 0.3 is 0 Å². The van der Waals surface area contributed by atoms with E-state index in [1.807, 2.05) is 38.1 Å². The van der Waals surface area contributed by atoms with Crippen LogP contribution >= 0.6 is 11.6 Å². The molecular formula is C19H15ClN4O. The summed E-state index contributed by atoms with van der Waals surface area (Å²) in [5, 5.41) is 5.47. The number of nitrogens with zero attached hydrogens (tertiary/aromatic N) is 4. The first kappa shape index (κ1) is 15.6. The fourth-order valence-corrected chi connectivity index (χ4v) is 3.04. The van der Waals surface area contributed by atoms with Gasteiger partial charge in [-0.3, -0.25) is 9.36 Å². The Morgan fingerprint density at radius 2 is 1.76 bits per heavy atom. The summed E-state index contributed by atoms with van der Waals surface area (Å²) in [6, 6.07) is 15.0. The Kier molecular flexibility index (Phi) is 3.66. The van der Waals surface area contributed by atoms with Crippen LogP contribution in [-0.4, -0.2) is 19.3 Å². The molecule has 4 aromatic rings. The zero-order valence-electron chi connectivity index (χ0n) is 13.8. The average molecular weight is 351 g/mol. The summed E-state index contributed by atoms with van der Waals surface area (Å²) in [4.78, 5) is 17.6. The van der Waals surface area contributed by atoms with Gasteiger partial charge in [0.25, 0.3) is 5.56 Å². The van der Waals surface area contributed by atoms with Crippen LogP contribution in [0.3, 0.4) is 0 Å². The normalized spacial score (nSPS) is 11.2. The standard InChI is InChI=1S/C19H15ClN4O/c1-12-4-3-5-16(10-12)24-18-17(11-21-24)19(25)23(13(2)22-18)15-8-6-14(20)7-9-15/h3-11H,1-2H3. The summed E-state index contributed by atoms with van der Waals surface area (Å²) < 4.78 is 3.27. The molecule has 0 aliphatic rings. The topological polar surface area (TPSA) is 52.7 Å². The van der Waals surface area contributed by atoms with Crippen molar-refractivity contribution in [1.29, 1.82) is 0 Å². The van der Waals surface area contributed by atoms with E-state index >= 15 is 0 Å². The van der Waals surface area contributed by atoms with Crippen molar-refractivity contribution in [3.63, 3.8) is 0 Å². The maximum atomic E-state index is 13.0. The van der Waals surface area contributed by atoms with Crippen molar-refractivity contribution in [1.82, 2.24) is 19.3 Å². The number of rotatable bonds is 2. The SMILES string of the molecule is Cc1cccc(-n2ncc3c(=O)n(-c4ccc(Cl)cc4)c(C)nc32)c1. The zero-order valence-corrected chi connectivity index (χ0v) is 14.5. The molecule has 0 aliphatic heterocycles. The highest BCUT2D eigenvalue weighted by atomic mass is 35.5. The van der Waals surface area contributed by atoms with Crippen molar-refractivity contribution in [2.24, 2.45) is 0 Å². The molecule has 0 unspecified atom stereocenters. The quantitative estimate of drug-likeness (QED) is 0.552. The molecule has 4 rings (SSSR count). The van der Waals surface area contributed by atoms with Crippen molar-refractivity contribution in [2.45, 2.75) is 13.8 Å². The maximum Gasteiger partial charge on any atom is 0.269 e. The first-order chi connectivity index (χ1) is 12.0. The fourth-order valence-electron chi connectivity index (χ4n) is 2.91. The van der Waals surface area contributed by atoms with Crippen LogP contribution in [0.25, 0.3) is 22.4 Å². The van der Waals surface area contributed by atoms with Crippen LogP contribution in [-0.2, 0) is 0 Å². The molecule has 0 bridgehead atoms. The number of hydrogen-bond donors (Lipinski definition) is 0. The third-order valence-electron chi connectivity index (χ3n) is 4.10. The summed E-state index contributed by atoms with van der Waals surface area (Å²) >= 11 is 5.94. The second kappa shape index (κ2) is 5.86. The predicted octanol–water partition coefficient (Wildman–Crippen LogP) is 3.84. The zero-order chi connectivity index (χ0) is 17.6. The second-order valence-corrected chi connectivity index (χ2v) is 6.35. The summed E-state index contributed by atoms with van der Waals surface area (Å²) in [5.41, 5.74) is 3.13. The third-order valence-corrected chi connectivity index (χ3v) is 4.35. The molecular weight excluding hydrogens is 336 g/mol. The lowest BCUT2D eigenvalue weighted by atomic mass is 10.2. The van der Waals surface area contributed by atoms with Crippen molar-refractivity contribution >= 4 is 22.6 Å². The van der Waals surface area contributed by atoms with E-state index in [9.17, 15) is 4.79 Å². The van der Waals surface area contributed by atoms with Gasteiger partial charge in [-0.25, -0.2) is 9.67 Å². The molecule has 0 N–H and O–H groups in total. The van der Waals surface area contributed by atoms with Gasteiger partial charge in [-0.15, -0.1) is 0 Å². The number of halogens is 1. The maximum absolute atomic E-state index is 13.0. The Labute approximate surface area is 149 Å². The lowest BCUT2D eigenvalue weighted by Crippen LogP contribution is -2.22. The van der Waals surface area contributed by atoms with Crippen LogP contribution in [0.2, 0.25) is 5.02 Å². The Hall–Kier alpha value is -2.92. The molecule has 5 nitrogen and oxygen atoms in total. The van der Waals surface area contributed by atoms with Crippen molar-refractivity contribution in [2.75, 3.05) is 0 Å². The van der Waals surface area contributed by atoms with Crippen LogP contribution in [0.15, 0.2) is 59.5 Å². The largest absolute Gasteiger partial charge is 0.269 e. The van der Waals surface area contributed by atoms with Crippen LogP contribution in [0.4, 0.5) is 0 Å². The molecule has 2 aromatic carbocycles. The summed E-state index contributed by atoms with van der Waals surface area (Å²) in [6.45, 7) is 3.82. The fraction of sp³-hybridized carbons (Fsp3) is 0.105. The van der Waals surface area contributed by atoms with Gasteiger partial charge in [0, 0.05) is 5.02 Å². The highest BCUT2D eigenvalue weighted by Crippen LogP contribution is 2.18. The highest BCUT2D eigenvalue weighted by molar-refractivity contribution is 6.30. The molecule has 2 heterocycles. The van der Waals surface area contributed by atoms with Gasteiger partial charge in [0.15, 0.2) is 5.65 Å². The first-order valence-electron chi connectivity index (χ1n) is 7.85. The summed E-state index contributed by atoms with van der Waals surface area (Å²) in [5.74, 6) is 0.592. The molecule has 2 aromatic heterocycles. The number of aryl methyl sites for hydroxylation is 2. The van der Waals surface area contributed by atoms with Gasteiger partial charge in [-0.1, -0.05) is 23.7 Å². The molecule has 124 valence electrons. The van der Waals surface area contributed by atoms with Crippen LogP contribution < -0.4 is 5.56 Å². The lowest BCUT2D eigenvalue weighted by molar-refractivity contribution is 0.859. The Morgan fingerprint density at radius 3 is 2.48 bits per heavy atom. The van der Waals surface area contributed by atoms with E-state index in [1.54, 1.807) is 39.7 Å². The lowest BCUT2D eigenvalue weighted by Gasteiger charge is -2.10. The first-order valence-corrected chi connectivity index (χ1v) is 8.23. The molecule has 0 saturated carbocycles. The van der Waals surface area contributed by atoms with Crippen molar-refractivity contribution in [3.05, 3.63) is 81.5 Å². The molecule has 0 amide bonds. The van der Waals surface area contributed by atoms with Crippen LogP contribution in [0, 0.1) is 13.8 Å². The third kappa shape index (κ3) is 2.62. The van der Waals surface area contributed by atoms with Gasteiger partial charge in [0.05, 0.1) is 17.6 Å². The number of aromatic nitrogens is 4. The molecule has 0 fully saturated rings. The molecule has 0 aliphatic carbocycles. The Morgan fingerprint density at radius 1 is 1.00 bits per heavy atom. The van der Waals surface area contributed by atoms with Crippen molar-refractivity contribution < 1.29 is 0 Å². The van der Waals surface area contributed by atoms with Gasteiger partial charge in [-0.05, 0) is 55.8 Å². The summed E-state index contributed by atoms with van der Waals surface area (Å²) in [6.07, 6.45) is 1.57. The minimum atomic E-state index is -0.149. The minimum absolute atomic E-state index is 0.149. The van der Waals surface area contributed by atoms with Gasteiger partial charge in [0.2, 0.25) is 0 Å². The number of fused-ring (bicyclic) bond motifs is 1. The van der Waals surface area contributed by atoms with Gasteiger partial charge in [-0.2, -0.15) is 5.10 Å². The van der Waals surface area contributed by atoms with E-state index < -0.39 is 0 Å². The molecule has 0 spiro atoms. The Balaban J connectivity index is 1.96. The van der Waals surface area contributed by atoms with Crippen molar-refractivity contribution in [3.8, 4) is 11.4 Å². The molecule has 6 heteroatoms. The van der Waals surface area contributed by atoms with Gasteiger partial charge in [0.1, 0.15) is 11.2 Å². The Bertz CT molecular complexity index is 1140. The van der Waals surface area contributed by atoms with Gasteiger partial charge < -0.3 is 0 Å². The van der Waals surface area contributed by atoms with E-state index in [1.165, 1.54) is 0 Å².